The lowest BCUT2D eigenvalue weighted by molar-refractivity contribution is -0.139. The zero-order valence-electron chi connectivity index (χ0n) is 8.86. The molecule has 0 aromatic rings. The third-order valence-corrected chi connectivity index (χ3v) is 4.89. The van der Waals surface area contributed by atoms with Gasteiger partial charge in [0.2, 0.25) is 0 Å². The number of aliphatic carboxylic acids is 1. The largest absolute Gasteiger partial charge is 0.480 e. The van der Waals surface area contributed by atoms with E-state index >= 15 is 0 Å². The number of carboxylic acid groups (broad SMARTS) is 1. The monoisotopic (exact) mass is 231 g/mol. The van der Waals surface area contributed by atoms with Crippen LogP contribution in [0.25, 0.3) is 0 Å². The van der Waals surface area contributed by atoms with Crippen LogP contribution in [0.5, 0.6) is 0 Å². The van der Waals surface area contributed by atoms with Crippen molar-refractivity contribution in [1.82, 2.24) is 5.32 Å². The molecule has 0 bridgehead atoms. The highest BCUT2D eigenvalue weighted by Gasteiger charge is 2.48. The molecule has 0 aromatic heterocycles. The van der Waals surface area contributed by atoms with E-state index in [0.717, 1.165) is 19.3 Å². The van der Waals surface area contributed by atoms with Crippen molar-refractivity contribution in [1.29, 1.82) is 0 Å². The van der Waals surface area contributed by atoms with Gasteiger partial charge in [-0.2, -0.15) is 0 Å². The standard InChI is InChI=1S/C10H17NO3S/c1-14-8-4-2-3-5-10(8)11-7(6-15-10)9(12)13/h7-8,11H,2-6H2,1H3,(H,12,13)/t7-,8?,10?/m0/s1. The lowest BCUT2D eigenvalue weighted by Gasteiger charge is -2.40. The molecular weight excluding hydrogens is 214 g/mol. The topological polar surface area (TPSA) is 58.6 Å². The highest BCUT2D eigenvalue weighted by molar-refractivity contribution is 8.01. The van der Waals surface area contributed by atoms with E-state index in [1.165, 1.54) is 6.42 Å². The van der Waals surface area contributed by atoms with Gasteiger partial charge in [-0.3, -0.25) is 10.1 Å². The Morgan fingerprint density at radius 2 is 2.40 bits per heavy atom. The molecule has 2 unspecified atom stereocenters. The van der Waals surface area contributed by atoms with E-state index in [0.29, 0.717) is 5.75 Å². The minimum absolute atomic E-state index is 0.143. The third-order valence-electron chi connectivity index (χ3n) is 3.29. The van der Waals surface area contributed by atoms with E-state index in [-0.39, 0.29) is 11.0 Å². The summed E-state index contributed by atoms with van der Waals surface area (Å²) in [5.41, 5.74) is 0. The van der Waals surface area contributed by atoms with Crippen LogP contribution in [0.2, 0.25) is 0 Å². The summed E-state index contributed by atoms with van der Waals surface area (Å²) >= 11 is 1.72. The number of hydrogen-bond acceptors (Lipinski definition) is 4. The van der Waals surface area contributed by atoms with Crippen LogP contribution in [0, 0.1) is 0 Å². The van der Waals surface area contributed by atoms with Gasteiger partial charge in [0.15, 0.2) is 0 Å². The predicted molar refractivity (Wildman–Crippen MR) is 59.0 cm³/mol. The zero-order chi connectivity index (χ0) is 10.9. The van der Waals surface area contributed by atoms with Crippen LogP contribution in [0.4, 0.5) is 0 Å². The predicted octanol–water partition coefficient (Wildman–Crippen LogP) is 1.06. The van der Waals surface area contributed by atoms with Crippen LogP contribution in [-0.2, 0) is 9.53 Å². The van der Waals surface area contributed by atoms with Gasteiger partial charge >= 0.3 is 5.97 Å². The first-order chi connectivity index (χ1) is 7.18. The first kappa shape index (κ1) is 11.2. The van der Waals surface area contributed by atoms with Crippen molar-refractivity contribution in [3.8, 4) is 0 Å². The van der Waals surface area contributed by atoms with Crippen molar-refractivity contribution >= 4 is 17.7 Å². The molecule has 1 saturated carbocycles. The molecule has 2 fully saturated rings. The van der Waals surface area contributed by atoms with Gasteiger partial charge in [0, 0.05) is 12.9 Å². The zero-order valence-corrected chi connectivity index (χ0v) is 9.68. The van der Waals surface area contributed by atoms with E-state index in [2.05, 4.69) is 5.32 Å². The molecule has 86 valence electrons. The van der Waals surface area contributed by atoms with Gasteiger partial charge in [0.25, 0.3) is 0 Å². The Hall–Kier alpha value is -0.260. The van der Waals surface area contributed by atoms with E-state index < -0.39 is 12.0 Å². The molecule has 3 atom stereocenters. The van der Waals surface area contributed by atoms with Crippen molar-refractivity contribution in [2.24, 2.45) is 0 Å². The van der Waals surface area contributed by atoms with Crippen LogP contribution >= 0.6 is 11.8 Å². The fraction of sp³-hybridized carbons (Fsp3) is 0.900. The Labute approximate surface area is 93.8 Å². The van der Waals surface area contributed by atoms with E-state index in [1.54, 1.807) is 18.9 Å². The number of carbonyl (C=O) groups is 1. The average Bonchev–Trinajstić information content (AvgIpc) is 2.64. The van der Waals surface area contributed by atoms with E-state index in [1.807, 2.05) is 0 Å². The second-order valence-corrected chi connectivity index (χ2v) is 5.56. The number of hydrogen-bond donors (Lipinski definition) is 2. The fourth-order valence-corrected chi connectivity index (χ4v) is 4.10. The molecule has 2 N–H and O–H groups in total. The summed E-state index contributed by atoms with van der Waals surface area (Å²) in [4.78, 5) is 10.8. The molecule has 15 heavy (non-hydrogen) atoms. The molecule has 0 radical (unpaired) electrons. The summed E-state index contributed by atoms with van der Waals surface area (Å²) in [6.07, 6.45) is 4.54. The molecule has 0 amide bonds. The molecule has 2 aliphatic rings. The van der Waals surface area contributed by atoms with E-state index in [4.69, 9.17) is 9.84 Å². The van der Waals surface area contributed by atoms with Gasteiger partial charge < -0.3 is 9.84 Å². The Morgan fingerprint density at radius 3 is 3.00 bits per heavy atom. The molecule has 1 heterocycles. The SMILES string of the molecule is COC1CCCCC12N[C@H](C(=O)O)CS2. The summed E-state index contributed by atoms with van der Waals surface area (Å²) in [7, 11) is 1.72. The number of carboxylic acids is 1. The van der Waals surface area contributed by atoms with Gasteiger partial charge in [-0.25, -0.2) is 0 Å². The molecular formula is C10H17NO3S. The molecule has 4 nitrogen and oxygen atoms in total. The van der Waals surface area contributed by atoms with Gasteiger partial charge in [0.1, 0.15) is 6.04 Å². The Kier molecular flexibility index (Phi) is 3.23. The molecule has 1 aliphatic heterocycles. The summed E-state index contributed by atoms with van der Waals surface area (Å²) in [6.45, 7) is 0. The Balaban J connectivity index is 2.09. The lowest BCUT2D eigenvalue weighted by Crippen LogP contribution is -2.54. The Bertz CT molecular complexity index is 261. The highest BCUT2D eigenvalue weighted by atomic mass is 32.2. The molecule has 1 aliphatic carbocycles. The second-order valence-electron chi connectivity index (χ2n) is 4.21. The molecule has 1 saturated heterocycles. The van der Waals surface area contributed by atoms with Crippen LogP contribution in [0.15, 0.2) is 0 Å². The quantitative estimate of drug-likeness (QED) is 0.744. The first-order valence-corrected chi connectivity index (χ1v) is 6.34. The van der Waals surface area contributed by atoms with Crippen molar-refractivity contribution < 1.29 is 14.6 Å². The highest BCUT2D eigenvalue weighted by Crippen LogP contribution is 2.43. The maximum absolute atomic E-state index is 10.9. The van der Waals surface area contributed by atoms with Crippen LogP contribution in [0.1, 0.15) is 25.7 Å². The summed E-state index contributed by atoms with van der Waals surface area (Å²) < 4.78 is 5.48. The van der Waals surface area contributed by atoms with Crippen molar-refractivity contribution in [3.05, 3.63) is 0 Å². The molecule has 1 spiro atoms. The van der Waals surface area contributed by atoms with Crippen molar-refractivity contribution in [2.75, 3.05) is 12.9 Å². The number of thioether (sulfide) groups is 1. The number of methoxy groups -OCH3 is 1. The number of nitrogens with one attached hydrogen (secondary N) is 1. The molecule has 0 aromatic carbocycles. The summed E-state index contributed by atoms with van der Waals surface area (Å²) in [5, 5.41) is 12.2. The lowest BCUT2D eigenvalue weighted by atomic mass is 9.91. The smallest absolute Gasteiger partial charge is 0.321 e. The molecule has 5 heteroatoms. The second kappa shape index (κ2) is 4.31. The van der Waals surface area contributed by atoms with Gasteiger partial charge in [-0.05, 0) is 12.8 Å². The average molecular weight is 231 g/mol. The number of ether oxygens (including phenoxy) is 1. The van der Waals surface area contributed by atoms with Gasteiger partial charge in [0.05, 0.1) is 11.0 Å². The van der Waals surface area contributed by atoms with Gasteiger partial charge in [-0.1, -0.05) is 12.8 Å². The fourth-order valence-electron chi connectivity index (χ4n) is 2.49. The maximum Gasteiger partial charge on any atom is 0.321 e. The minimum Gasteiger partial charge on any atom is -0.480 e. The van der Waals surface area contributed by atoms with Crippen molar-refractivity contribution in [3.63, 3.8) is 0 Å². The van der Waals surface area contributed by atoms with Crippen molar-refractivity contribution in [2.45, 2.75) is 42.7 Å². The normalized spacial score (nSPS) is 40.9. The van der Waals surface area contributed by atoms with Crippen LogP contribution in [0.3, 0.4) is 0 Å². The summed E-state index contributed by atoms with van der Waals surface area (Å²) in [5.74, 6) is -0.102. The molecule has 2 rings (SSSR count). The third kappa shape index (κ3) is 2.00. The Morgan fingerprint density at radius 1 is 1.60 bits per heavy atom. The van der Waals surface area contributed by atoms with Crippen LogP contribution < -0.4 is 5.32 Å². The van der Waals surface area contributed by atoms with E-state index in [9.17, 15) is 4.79 Å². The summed E-state index contributed by atoms with van der Waals surface area (Å²) in [6, 6.07) is -0.411. The maximum atomic E-state index is 10.9. The number of rotatable bonds is 2. The van der Waals surface area contributed by atoms with Crippen LogP contribution in [-0.4, -0.2) is 41.0 Å². The first-order valence-electron chi connectivity index (χ1n) is 5.35. The van der Waals surface area contributed by atoms with Gasteiger partial charge in [-0.15, -0.1) is 11.8 Å². The minimum atomic E-state index is -0.750.